The number of ether oxygens (including phenoxy) is 1. The van der Waals surface area contributed by atoms with Crippen molar-refractivity contribution < 1.29 is 23.1 Å². The van der Waals surface area contributed by atoms with E-state index in [2.05, 4.69) is 0 Å². The molecule has 0 atom stereocenters. The van der Waals surface area contributed by atoms with E-state index in [9.17, 15) is 18.4 Å². The minimum Gasteiger partial charge on any atom is -0.444 e. The van der Waals surface area contributed by atoms with Crippen molar-refractivity contribution in [2.45, 2.75) is 26.4 Å². The van der Waals surface area contributed by atoms with E-state index in [1.165, 1.54) is 15.9 Å². The van der Waals surface area contributed by atoms with E-state index >= 15 is 0 Å². The van der Waals surface area contributed by atoms with Crippen LogP contribution in [-0.2, 0) is 9.53 Å². The van der Waals surface area contributed by atoms with E-state index in [-0.39, 0.29) is 25.3 Å². The summed E-state index contributed by atoms with van der Waals surface area (Å²) < 4.78 is 31.9. The van der Waals surface area contributed by atoms with Gasteiger partial charge >= 0.3 is 6.09 Å². The van der Waals surface area contributed by atoms with Crippen LogP contribution in [0.1, 0.15) is 20.8 Å². The first-order valence-corrected chi connectivity index (χ1v) is 6.91. The molecule has 2 rings (SSSR count). The van der Waals surface area contributed by atoms with Gasteiger partial charge < -0.3 is 9.64 Å². The fourth-order valence-electron chi connectivity index (χ4n) is 2.11. The van der Waals surface area contributed by atoms with E-state index in [0.717, 1.165) is 12.1 Å². The summed E-state index contributed by atoms with van der Waals surface area (Å²) in [7, 11) is 0. The lowest BCUT2D eigenvalue weighted by molar-refractivity contribution is -0.121. The van der Waals surface area contributed by atoms with Crippen LogP contribution in [0, 0.1) is 11.6 Å². The Kier molecular flexibility index (Phi) is 4.35. The molecule has 5 nitrogen and oxygen atoms in total. The summed E-state index contributed by atoms with van der Waals surface area (Å²) in [6, 6.07) is 3.03. The number of rotatable bonds is 1. The number of hydrogen-bond donors (Lipinski definition) is 0. The monoisotopic (exact) mass is 312 g/mol. The van der Waals surface area contributed by atoms with Crippen LogP contribution in [0.3, 0.4) is 0 Å². The van der Waals surface area contributed by atoms with Crippen molar-refractivity contribution in [1.82, 2.24) is 4.90 Å². The number of halogens is 2. The highest BCUT2D eigenvalue weighted by atomic mass is 19.1. The molecule has 0 unspecified atom stereocenters. The molecule has 120 valence electrons. The molecule has 0 spiro atoms. The molecular weight excluding hydrogens is 294 g/mol. The summed E-state index contributed by atoms with van der Waals surface area (Å²) in [6.07, 6.45) is -0.583. The number of nitrogens with zero attached hydrogens (tertiary/aromatic N) is 2. The minimum atomic E-state index is -0.806. The quantitative estimate of drug-likeness (QED) is 0.801. The van der Waals surface area contributed by atoms with Gasteiger partial charge in [-0.25, -0.2) is 13.6 Å². The van der Waals surface area contributed by atoms with Crippen molar-refractivity contribution in [3.05, 3.63) is 29.8 Å². The third kappa shape index (κ3) is 3.72. The lowest BCUT2D eigenvalue weighted by Gasteiger charge is -2.35. The number of anilines is 1. The molecule has 0 aromatic heterocycles. The largest absolute Gasteiger partial charge is 0.444 e. The molecule has 0 aliphatic carbocycles. The van der Waals surface area contributed by atoms with Gasteiger partial charge in [-0.3, -0.25) is 9.69 Å². The zero-order valence-electron chi connectivity index (χ0n) is 12.7. The maximum atomic E-state index is 13.7. The van der Waals surface area contributed by atoms with Crippen LogP contribution in [0.15, 0.2) is 18.2 Å². The Labute approximate surface area is 127 Å². The predicted molar refractivity (Wildman–Crippen MR) is 76.5 cm³/mol. The lowest BCUT2D eigenvalue weighted by Crippen LogP contribution is -2.53. The molecule has 7 heteroatoms. The van der Waals surface area contributed by atoms with Crippen LogP contribution in [-0.4, -0.2) is 42.1 Å². The maximum Gasteiger partial charge on any atom is 0.410 e. The first kappa shape index (κ1) is 16.2. The smallest absolute Gasteiger partial charge is 0.410 e. The Morgan fingerprint density at radius 2 is 1.91 bits per heavy atom. The number of benzene rings is 1. The zero-order valence-corrected chi connectivity index (χ0v) is 12.7. The van der Waals surface area contributed by atoms with E-state index in [1.54, 1.807) is 20.8 Å². The molecule has 0 bridgehead atoms. The molecule has 1 aromatic rings. The van der Waals surface area contributed by atoms with Crippen LogP contribution < -0.4 is 4.90 Å². The first-order chi connectivity index (χ1) is 10.2. The Morgan fingerprint density at radius 1 is 1.23 bits per heavy atom. The molecule has 0 N–H and O–H groups in total. The van der Waals surface area contributed by atoms with Gasteiger partial charge in [0.15, 0.2) is 0 Å². The summed E-state index contributed by atoms with van der Waals surface area (Å²) in [5.74, 6) is -1.96. The molecule has 2 amide bonds. The van der Waals surface area contributed by atoms with Gasteiger partial charge in [0.05, 0.1) is 5.69 Å². The van der Waals surface area contributed by atoms with Crippen molar-refractivity contribution in [2.24, 2.45) is 0 Å². The molecular formula is C15H18F2N2O3. The van der Waals surface area contributed by atoms with Gasteiger partial charge in [-0.2, -0.15) is 0 Å². The van der Waals surface area contributed by atoms with Gasteiger partial charge in [-0.15, -0.1) is 0 Å². The van der Waals surface area contributed by atoms with Crippen LogP contribution in [0.2, 0.25) is 0 Å². The molecule has 1 aliphatic rings. The fraction of sp³-hybridized carbons (Fsp3) is 0.467. The second kappa shape index (κ2) is 5.90. The Hall–Kier alpha value is -2.18. The van der Waals surface area contributed by atoms with Gasteiger partial charge in [0.25, 0.3) is 0 Å². The number of hydrogen-bond acceptors (Lipinski definition) is 3. The normalized spacial score (nSPS) is 16.0. The second-order valence-electron chi connectivity index (χ2n) is 6.04. The fourth-order valence-corrected chi connectivity index (χ4v) is 2.11. The minimum absolute atomic E-state index is 0.00948. The summed E-state index contributed by atoms with van der Waals surface area (Å²) in [4.78, 5) is 26.5. The van der Waals surface area contributed by atoms with Gasteiger partial charge in [-0.05, 0) is 32.9 Å². The van der Waals surface area contributed by atoms with Crippen LogP contribution in [0.4, 0.5) is 19.3 Å². The third-order valence-corrected chi connectivity index (χ3v) is 3.07. The highest BCUT2D eigenvalue weighted by Crippen LogP contribution is 2.22. The number of amides is 2. The first-order valence-electron chi connectivity index (χ1n) is 6.91. The number of carbonyl (C=O) groups excluding carboxylic acids is 2. The van der Waals surface area contributed by atoms with Crippen molar-refractivity contribution >= 4 is 17.7 Å². The summed E-state index contributed by atoms with van der Waals surface area (Å²) in [5.41, 5.74) is -0.643. The maximum absolute atomic E-state index is 13.7. The van der Waals surface area contributed by atoms with Crippen molar-refractivity contribution in [2.75, 3.05) is 24.5 Å². The standard InChI is InChI=1S/C15H18F2N2O3/c1-15(2,3)22-14(21)18-6-7-19(13(20)9-18)12-5-4-10(16)8-11(12)17/h4-5,8H,6-7,9H2,1-3H3. The molecule has 1 saturated heterocycles. The highest BCUT2D eigenvalue weighted by Gasteiger charge is 2.31. The Balaban J connectivity index is 2.07. The average molecular weight is 312 g/mol. The Morgan fingerprint density at radius 3 is 2.45 bits per heavy atom. The number of carbonyl (C=O) groups is 2. The average Bonchev–Trinajstić information content (AvgIpc) is 2.37. The molecule has 22 heavy (non-hydrogen) atoms. The van der Waals surface area contributed by atoms with E-state index in [4.69, 9.17) is 4.74 Å². The van der Waals surface area contributed by atoms with Crippen LogP contribution in [0.25, 0.3) is 0 Å². The molecule has 1 aliphatic heterocycles. The van der Waals surface area contributed by atoms with Gasteiger partial charge in [0.2, 0.25) is 5.91 Å². The van der Waals surface area contributed by atoms with E-state index in [0.29, 0.717) is 0 Å². The summed E-state index contributed by atoms with van der Waals surface area (Å²) in [5, 5.41) is 0. The van der Waals surface area contributed by atoms with E-state index in [1.807, 2.05) is 0 Å². The van der Waals surface area contributed by atoms with Crippen molar-refractivity contribution in [3.63, 3.8) is 0 Å². The van der Waals surface area contributed by atoms with Crippen molar-refractivity contribution in [1.29, 1.82) is 0 Å². The van der Waals surface area contributed by atoms with Gasteiger partial charge in [0, 0.05) is 19.2 Å². The molecule has 1 fully saturated rings. The summed E-state index contributed by atoms with van der Waals surface area (Å²) in [6.45, 7) is 5.34. The molecule has 1 aromatic carbocycles. The topological polar surface area (TPSA) is 49.9 Å². The second-order valence-corrected chi connectivity index (χ2v) is 6.04. The third-order valence-electron chi connectivity index (χ3n) is 3.07. The van der Waals surface area contributed by atoms with Crippen LogP contribution >= 0.6 is 0 Å². The molecule has 1 heterocycles. The van der Waals surface area contributed by atoms with Crippen LogP contribution in [0.5, 0.6) is 0 Å². The SMILES string of the molecule is CC(C)(C)OC(=O)N1CCN(c2ccc(F)cc2F)C(=O)C1. The zero-order chi connectivity index (χ0) is 16.5. The Bertz CT molecular complexity index is 599. The molecule has 0 saturated carbocycles. The lowest BCUT2D eigenvalue weighted by atomic mass is 10.2. The van der Waals surface area contributed by atoms with E-state index < -0.39 is 29.2 Å². The highest BCUT2D eigenvalue weighted by molar-refractivity contribution is 5.97. The molecule has 0 radical (unpaired) electrons. The number of piperazine rings is 1. The van der Waals surface area contributed by atoms with Gasteiger partial charge in [0.1, 0.15) is 23.8 Å². The van der Waals surface area contributed by atoms with Gasteiger partial charge in [-0.1, -0.05) is 0 Å². The predicted octanol–water partition coefficient (Wildman–Crippen LogP) is 2.55. The summed E-state index contributed by atoms with van der Waals surface area (Å²) >= 11 is 0. The van der Waals surface area contributed by atoms with Crippen molar-refractivity contribution in [3.8, 4) is 0 Å².